The van der Waals surface area contributed by atoms with Crippen LogP contribution in [-0.4, -0.2) is 24.2 Å². The highest BCUT2D eigenvalue weighted by atomic mass is 16.5. The van der Waals surface area contributed by atoms with Crippen LogP contribution in [0.15, 0.2) is 24.5 Å². The summed E-state index contributed by atoms with van der Waals surface area (Å²) < 4.78 is 5.40. The molecule has 3 heteroatoms. The van der Waals surface area contributed by atoms with Crippen LogP contribution in [0.25, 0.3) is 0 Å². The number of pyridine rings is 1. The van der Waals surface area contributed by atoms with Gasteiger partial charge in [-0.25, -0.2) is 0 Å². The van der Waals surface area contributed by atoms with E-state index in [0.717, 1.165) is 19.8 Å². The topological polar surface area (TPSA) is 34.1 Å². The summed E-state index contributed by atoms with van der Waals surface area (Å²) in [5.74, 6) is 0. The van der Waals surface area contributed by atoms with Gasteiger partial charge in [0, 0.05) is 31.6 Å². The summed E-state index contributed by atoms with van der Waals surface area (Å²) in [5.41, 5.74) is 1.28. The van der Waals surface area contributed by atoms with Crippen LogP contribution in [0.4, 0.5) is 0 Å². The largest absolute Gasteiger partial charge is 0.380 e. The highest BCUT2D eigenvalue weighted by Gasteiger charge is 2.12. The molecule has 1 aliphatic heterocycles. The molecule has 0 bridgehead atoms. The fraction of sp³-hybridized carbons (Fsp3) is 0.545. The van der Waals surface area contributed by atoms with Crippen LogP contribution in [0, 0.1) is 0 Å². The van der Waals surface area contributed by atoms with Gasteiger partial charge in [0.25, 0.3) is 0 Å². The maximum atomic E-state index is 5.40. The zero-order valence-electron chi connectivity index (χ0n) is 8.28. The van der Waals surface area contributed by atoms with Crippen molar-refractivity contribution in [2.45, 2.75) is 25.4 Å². The summed E-state index contributed by atoms with van der Waals surface area (Å²) in [6.45, 7) is 2.69. The van der Waals surface area contributed by atoms with Crippen LogP contribution in [0.5, 0.6) is 0 Å². The fourth-order valence-electron chi connectivity index (χ4n) is 1.66. The Balaban J connectivity index is 1.76. The van der Waals surface area contributed by atoms with E-state index in [-0.39, 0.29) is 0 Å². The first-order valence-corrected chi connectivity index (χ1v) is 5.15. The van der Waals surface area contributed by atoms with Gasteiger partial charge in [-0.2, -0.15) is 0 Å². The van der Waals surface area contributed by atoms with Crippen LogP contribution < -0.4 is 5.32 Å². The van der Waals surface area contributed by atoms with Gasteiger partial charge in [-0.3, -0.25) is 4.98 Å². The van der Waals surface area contributed by atoms with Gasteiger partial charge < -0.3 is 10.1 Å². The lowest BCUT2D eigenvalue weighted by Crippen LogP contribution is -2.36. The zero-order chi connectivity index (χ0) is 9.64. The fourth-order valence-corrected chi connectivity index (χ4v) is 1.66. The highest BCUT2D eigenvalue weighted by molar-refractivity contribution is 5.09. The maximum absolute atomic E-state index is 5.40. The second kappa shape index (κ2) is 5.08. The molecule has 1 unspecified atom stereocenters. The summed E-state index contributed by atoms with van der Waals surface area (Å²) in [4.78, 5) is 3.99. The van der Waals surface area contributed by atoms with E-state index in [9.17, 15) is 0 Å². The van der Waals surface area contributed by atoms with E-state index in [1.807, 2.05) is 24.5 Å². The molecular formula is C11H16N2O. The number of hydrogen-bond acceptors (Lipinski definition) is 3. The van der Waals surface area contributed by atoms with Crippen LogP contribution >= 0.6 is 0 Å². The van der Waals surface area contributed by atoms with E-state index < -0.39 is 0 Å². The quantitative estimate of drug-likeness (QED) is 0.785. The molecule has 0 saturated carbocycles. The van der Waals surface area contributed by atoms with Crippen molar-refractivity contribution in [1.29, 1.82) is 0 Å². The van der Waals surface area contributed by atoms with Gasteiger partial charge in [0.1, 0.15) is 0 Å². The van der Waals surface area contributed by atoms with Crippen LogP contribution in [0.1, 0.15) is 18.4 Å². The third kappa shape index (κ3) is 2.79. The Bertz CT molecular complexity index is 257. The number of hydrogen-bond donors (Lipinski definition) is 1. The van der Waals surface area contributed by atoms with Crippen molar-refractivity contribution in [2.75, 3.05) is 13.2 Å². The average molecular weight is 192 g/mol. The molecule has 3 nitrogen and oxygen atoms in total. The first-order chi connectivity index (χ1) is 6.95. The minimum atomic E-state index is 0.525. The van der Waals surface area contributed by atoms with E-state index in [1.165, 1.54) is 18.4 Å². The number of ether oxygens (including phenoxy) is 1. The molecule has 2 rings (SSSR count). The lowest BCUT2D eigenvalue weighted by Gasteiger charge is -2.23. The highest BCUT2D eigenvalue weighted by Crippen LogP contribution is 2.06. The lowest BCUT2D eigenvalue weighted by molar-refractivity contribution is 0.0699. The second-order valence-electron chi connectivity index (χ2n) is 3.65. The van der Waals surface area contributed by atoms with Crippen molar-refractivity contribution >= 4 is 0 Å². The smallest absolute Gasteiger partial charge is 0.0619 e. The number of nitrogens with zero attached hydrogens (tertiary/aromatic N) is 1. The Kier molecular flexibility index (Phi) is 3.49. The normalized spacial score (nSPS) is 22.1. The molecule has 0 radical (unpaired) electrons. The molecule has 0 amide bonds. The van der Waals surface area contributed by atoms with Gasteiger partial charge in [-0.1, -0.05) is 0 Å². The predicted octanol–water partition coefficient (Wildman–Crippen LogP) is 1.35. The van der Waals surface area contributed by atoms with Crippen molar-refractivity contribution in [2.24, 2.45) is 0 Å². The number of rotatable bonds is 3. The van der Waals surface area contributed by atoms with Crippen molar-refractivity contribution in [3.05, 3.63) is 30.1 Å². The number of nitrogens with one attached hydrogen (secondary N) is 1. The van der Waals surface area contributed by atoms with Gasteiger partial charge in [0.05, 0.1) is 6.61 Å². The van der Waals surface area contributed by atoms with Gasteiger partial charge in [-0.15, -0.1) is 0 Å². The minimum absolute atomic E-state index is 0.525. The van der Waals surface area contributed by atoms with Crippen LogP contribution in [0.2, 0.25) is 0 Å². The Morgan fingerprint density at radius 3 is 3.00 bits per heavy atom. The molecule has 1 aliphatic rings. The molecule has 2 heterocycles. The summed E-state index contributed by atoms with van der Waals surface area (Å²) in [5, 5.41) is 3.49. The van der Waals surface area contributed by atoms with E-state index in [4.69, 9.17) is 4.74 Å². The molecule has 1 atom stereocenters. The second-order valence-corrected chi connectivity index (χ2v) is 3.65. The van der Waals surface area contributed by atoms with E-state index in [1.54, 1.807) is 0 Å². The Hall–Kier alpha value is -0.930. The third-order valence-corrected chi connectivity index (χ3v) is 2.50. The molecule has 1 fully saturated rings. The molecule has 1 N–H and O–H groups in total. The lowest BCUT2D eigenvalue weighted by atomic mass is 10.1. The van der Waals surface area contributed by atoms with E-state index >= 15 is 0 Å². The van der Waals surface area contributed by atoms with Crippen molar-refractivity contribution in [1.82, 2.24) is 10.3 Å². The standard InChI is InChI=1S/C11H16N2O/c1-2-11(9-14-7-1)13-8-10-3-5-12-6-4-10/h3-6,11,13H,1-2,7-9H2. The zero-order valence-corrected chi connectivity index (χ0v) is 8.28. The first-order valence-electron chi connectivity index (χ1n) is 5.15. The Labute approximate surface area is 84.5 Å². The van der Waals surface area contributed by atoms with Crippen molar-refractivity contribution in [3.8, 4) is 0 Å². The monoisotopic (exact) mass is 192 g/mol. The minimum Gasteiger partial charge on any atom is -0.380 e. The Morgan fingerprint density at radius 1 is 1.43 bits per heavy atom. The molecule has 1 aromatic heterocycles. The van der Waals surface area contributed by atoms with E-state index in [0.29, 0.717) is 6.04 Å². The van der Waals surface area contributed by atoms with Gasteiger partial charge >= 0.3 is 0 Å². The Morgan fingerprint density at radius 2 is 2.29 bits per heavy atom. The van der Waals surface area contributed by atoms with Crippen molar-refractivity contribution < 1.29 is 4.74 Å². The molecule has 1 saturated heterocycles. The molecule has 1 aromatic rings. The molecule has 0 spiro atoms. The third-order valence-electron chi connectivity index (χ3n) is 2.50. The summed E-state index contributed by atoms with van der Waals surface area (Å²) in [6.07, 6.45) is 6.06. The van der Waals surface area contributed by atoms with Crippen LogP contribution in [-0.2, 0) is 11.3 Å². The summed E-state index contributed by atoms with van der Waals surface area (Å²) in [6, 6.07) is 4.60. The van der Waals surface area contributed by atoms with Gasteiger partial charge in [-0.05, 0) is 30.5 Å². The number of aromatic nitrogens is 1. The molecular weight excluding hydrogens is 176 g/mol. The predicted molar refractivity (Wildman–Crippen MR) is 54.9 cm³/mol. The first kappa shape index (κ1) is 9.62. The average Bonchev–Trinajstić information content (AvgIpc) is 2.29. The molecule has 0 aliphatic carbocycles. The SMILES string of the molecule is c1cc(CNC2CCCOC2)ccn1. The van der Waals surface area contributed by atoms with Gasteiger partial charge in [0.2, 0.25) is 0 Å². The molecule has 14 heavy (non-hydrogen) atoms. The van der Waals surface area contributed by atoms with E-state index in [2.05, 4.69) is 10.3 Å². The van der Waals surface area contributed by atoms with Crippen LogP contribution in [0.3, 0.4) is 0 Å². The maximum Gasteiger partial charge on any atom is 0.0619 e. The van der Waals surface area contributed by atoms with Crippen molar-refractivity contribution in [3.63, 3.8) is 0 Å². The molecule has 76 valence electrons. The van der Waals surface area contributed by atoms with Gasteiger partial charge in [0.15, 0.2) is 0 Å². The summed E-state index contributed by atoms with van der Waals surface area (Å²) >= 11 is 0. The molecule has 0 aromatic carbocycles. The summed E-state index contributed by atoms with van der Waals surface area (Å²) in [7, 11) is 0.